The van der Waals surface area contributed by atoms with Gasteiger partial charge in [-0.1, -0.05) is 43.5 Å². The van der Waals surface area contributed by atoms with Gasteiger partial charge in [0.05, 0.1) is 11.5 Å². The third-order valence-electron chi connectivity index (χ3n) is 5.90. The Hall–Kier alpha value is -2.00. The van der Waals surface area contributed by atoms with Crippen molar-refractivity contribution in [2.24, 2.45) is 0 Å². The number of carbonyl (C=O) groups excluding carboxylic acids is 1. The lowest BCUT2D eigenvalue weighted by Gasteiger charge is -2.29. The fourth-order valence-electron chi connectivity index (χ4n) is 4.14. The monoisotopic (exact) mass is 399 g/mol. The summed E-state index contributed by atoms with van der Waals surface area (Å²) in [5, 5.41) is 3.88. The first-order chi connectivity index (χ1) is 13.4. The van der Waals surface area contributed by atoms with Gasteiger partial charge in [-0.05, 0) is 81.0 Å². The first-order valence-electron chi connectivity index (χ1n) is 10.2. The summed E-state index contributed by atoms with van der Waals surface area (Å²) in [5.41, 5.74) is 3.50. The average molecular weight is 400 g/mol. The van der Waals surface area contributed by atoms with Crippen molar-refractivity contribution in [2.45, 2.75) is 71.3 Å². The maximum Gasteiger partial charge on any atom is 0.235 e. The lowest BCUT2D eigenvalue weighted by Crippen LogP contribution is -2.38. The van der Waals surface area contributed by atoms with E-state index in [0.717, 1.165) is 60.2 Å². The minimum Gasteiger partial charge on any atom is -0.490 e. The molecule has 0 spiro atoms. The molecule has 1 amide bonds. The highest BCUT2D eigenvalue weighted by Crippen LogP contribution is 2.42. The smallest absolute Gasteiger partial charge is 0.235 e. The van der Waals surface area contributed by atoms with Gasteiger partial charge in [0.2, 0.25) is 5.91 Å². The number of nitrogens with one attached hydrogen (secondary N) is 1. The number of anilines is 1. The van der Waals surface area contributed by atoms with Crippen LogP contribution in [-0.2, 0) is 10.2 Å². The number of amides is 1. The molecule has 1 atom stereocenters. The highest BCUT2D eigenvalue weighted by Gasteiger charge is 2.42. The summed E-state index contributed by atoms with van der Waals surface area (Å²) in [5.74, 6) is 0.988. The third-order valence-corrected chi connectivity index (χ3v) is 6.15. The number of hydrogen-bond donors (Lipinski definition) is 1. The van der Waals surface area contributed by atoms with Crippen molar-refractivity contribution in [1.29, 1.82) is 0 Å². The summed E-state index contributed by atoms with van der Waals surface area (Å²) < 4.78 is 6.06. The molecule has 1 aliphatic carbocycles. The molecule has 0 unspecified atom stereocenters. The predicted molar refractivity (Wildman–Crippen MR) is 117 cm³/mol. The Bertz CT molecular complexity index is 815. The quantitative estimate of drug-likeness (QED) is 0.595. The van der Waals surface area contributed by atoms with E-state index in [9.17, 15) is 4.79 Å². The fourth-order valence-corrected chi connectivity index (χ4v) is 4.26. The van der Waals surface area contributed by atoms with E-state index in [0.29, 0.717) is 5.02 Å². The van der Waals surface area contributed by atoms with Crippen LogP contribution in [-0.4, -0.2) is 12.0 Å². The Morgan fingerprint density at radius 3 is 2.25 bits per heavy atom. The lowest BCUT2D eigenvalue weighted by atomic mass is 9.78. The van der Waals surface area contributed by atoms with Gasteiger partial charge < -0.3 is 10.1 Å². The maximum absolute atomic E-state index is 13.4. The van der Waals surface area contributed by atoms with Gasteiger partial charge in [0, 0.05) is 10.7 Å². The second kappa shape index (κ2) is 8.57. The van der Waals surface area contributed by atoms with Crippen molar-refractivity contribution in [2.75, 3.05) is 5.32 Å². The van der Waals surface area contributed by atoms with Crippen LogP contribution in [0.15, 0.2) is 36.4 Å². The number of ether oxygens (including phenoxy) is 1. The summed E-state index contributed by atoms with van der Waals surface area (Å²) in [4.78, 5) is 13.4. The van der Waals surface area contributed by atoms with Crippen molar-refractivity contribution in [1.82, 2.24) is 0 Å². The molecule has 1 N–H and O–H groups in total. The maximum atomic E-state index is 13.4. The average Bonchev–Trinajstić information content (AvgIpc) is 3.16. The van der Waals surface area contributed by atoms with Gasteiger partial charge in [0.25, 0.3) is 0 Å². The Labute approximate surface area is 173 Å². The van der Waals surface area contributed by atoms with E-state index in [1.165, 1.54) is 0 Å². The van der Waals surface area contributed by atoms with Gasteiger partial charge in [-0.25, -0.2) is 0 Å². The molecule has 1 saturated carbocycles. The van der Waals surface area contributed by atoms with Crippen LogP contribution >= 0.6 is 11.6 Å². The summed E-state index contributed by atoms with van der Waals surface area (Å²) in [6.45, 7) is 8.25. The number of hydrogen-bond acceptors (Lipinski definition) is 2. The molecule has 1 fully saturated rings. The topological polar surface area (TPSA) is 38.3 Å². The number of carbonyl (C=O) groups is 1. The molecular weight excluding hydrogens is 370 g/mol. The van der Waals surface area contributed by atoms with Gasteiger partial charge in [-0.3, -0.25) is 4.79 Å². The van der Waals surface area contributed by atoms with Crippen molar-refractivity contribution in [3.8, 4) is 5.75 Å². The molecule has 150 valence electrons. The molecule has 0 aromatic heterocycles. The van der Waals surface area contributed by atoms with Crippen LogP contribution in [0.5, 0.6) is 5.75 Å². The molecule has 0 saturated heterocycles. The van der Waals surface area contributed by atoms with E-state index in [-0.39, 0.29) is 12.0 Å². The number of benzene rings is 2. The van der Waals surface area contributed by atoms with E-state index in [4.69, 9.17) is 16.3 Å². The van der Waals surface area contributed by atoms with Gasteiger partial charge >= 0.3 is 0 Å². The minimum atomic E-state index is -0.474. The molecule has 1 aliphatic rings. The van der Waals surface area contributed by atoms with Crippen LogP contribution in [0.2, 0.25) is 5.02 Å². The zero-order valence-corrected chi connectivity index (χ0v) is 18.0. The second-order valence-electron chi connectivity index (χ2n) is 8.03. The Kier molecular flexibility index (Phi) is 6.34. The SMILES string of the molecule is CC[C@@H](C)Oc1c(C)cc(NC(=O)C2(c3ccc(Cl)cc3)CCCC2)cc1C. The van der Waals surface area contributed by atoms with Crippen LogP contribution in [0, 0.1) is 13.8 Å². The first-order valence-corrected chi connectivity index (χ1v) is 10.6. The zero-order chi connectivity index (χ0) is 20.3. The molecule has 0 aliphatic heterocycles. The predicted octanol–water partition coefficient (Wildman–Crippen LogP) is 6.58. The number of aryl methyl sites for hydroxylation is 2. The van der Waals surface area contributed by atoms with Crippen molar-refractivity contribution in [3.63, 3.8) is 0 Å². The standard InChI is InChI=1S/C24H30ClNO2/c1-5-18(4)28-22-16(2)14-21(15-17(22)3)26-23(27)24(12-6-7-13-24)19-8-10-20(25)11-9-19/h8-11,14-15,18H,5-7,12-13H2,1-4H3,(H,26,27)/t18-/m1/s1. The molecule has 28 heavy (non-hydrogen) atoms. The van der Waals surface area contributed by atoms with Crippen LogP contribution < -0.4 is 10.1 Å². The number of rotatable bonds is 6. The number of halogens is 1. The van der Waals surface area contributed by atoms with Gasteiger partial charge in [-0.15, -0.1) is 0 Å². The van der Waals surface area contributed by atoms with Crippen LogP contribution in [0.4, 0.5) is 5.69 Å². The highest BCUT2D eigenvalue weighted by molar-refractivity contribution is 6.30. The van der Waals surface area contributed by atoms with E-state index in [1.54, 1.807) is 0 Å². The molecule has 0 heterocycles. The molecule has 3 nitrogen and oxygen atoms in total. The van der Waals surface area contributed by atoms with Crippen molar-refractivity contribution in [3.05, 3.63) is 58.1 Å². The van der Waals surface area contributed by atoms with E-state index < -0.39 is 5.41 Å². The molecule has 2 aromatic carbocycles. The fraction of sp³-hybridized carbons (Fsp3) is 0.458. The van der Waals surface area contributed by atoms with Crippen LogP contribution in [0.3, 0.4) is 0 Å². The largest absolute Gasteiger partial charge is 0.490 e. The summed E-state index contributed by atoms with van der Waals surface area (Å²) in [6, 6.07) is 11.7. The van der Waals surface area contributed by atoms with Gasteiger partial charge in [0.1, 0.15) is 5.75 Å². The Morgan fingerprint density at radius 1 is 1.14 bits per heavy atom. The highest BCUT2D eigenvalue weighted by atomic mass is 35.5. The lowest BCUT2D eigenvalue weighted by molar-refractivity contribution is -0.121. The summed E-state index contributed by atoms with van der Waals surface area (Å²) >= 11 is 6.06. The second-order valence-corrected chi connectivity index (χ2v) is 8.46. The van der Waals surface area contributed by atoms with E-state index >= 15 is 0 Å². The molecule has 0 bridgehead atoms. The van der Waals surface area contributed by atoms with Crippen LogP contribution in [0.1, 0.15) is 62.6 Å². The molecular formula is C24H30ClNO2. The van der Waals surface area contributed by atoms with Gasteiger partial charge in [0.15, 0.2) is 0 Å². The third kappa shape index (κ3) is 4.20. The molecule has 2 aromatic rings. The van der Waals surface area contributed by atoms with Crippen molar-refractivity contribution < 1.29 is 9.53 Å². The minimum absolute atomic E-state index is 0.0710. The summed E-state index contributed by atoms with van der Waals surface area (Å²) in [7, 11) is 0. The van der Waals surface area contributed by atoms with Crippen LogP contribution in [0.25, 0.3) is 0 Å². The summed E-state index contributed by atoms with van der Waals surface area (Å²) in [6.07, 6.45) is 5.00. The van der Waals surface area contributed by atoms with Crippen molar-refractivity contribution >= 4 is 23.2 Å². The van der Waals surface area contributed by atoms with Gasteiger partial charge in [-0.2, -0.15) is 0 Å². The van der Waals surface area contributed by atoms with E-state index in [1.807, 2.05) is 50.2 Å². The molecule has 3 rings (SSSR count). The molecule has 0 radical (unpaired) electrons. The molecule has 4 heteroatoms. The zero-order valence-electron chi connectivity index (χ0n) is 17.3. The van der Waals surface area contributed by atoms with E-state index in [2.05, 4.69) is 19.2 Å². The first kappa shape index (κ1) is 20.7. The normalized spacial score (nSPS) is 16.6. The Balaban J connectivity index is 1.85. The Morgan fingerprint density at radius 2 is 1.71 bits per heavy atom.